The molecule has 1 N–H and O–H groups in total. The zero-order valence-corrected chi connectivity index (χ0v) is 14.8. The Kier molecular flexibility index (Phi) is 3.53. The molecular weight excluding hydrogens is 328 g/mol. The number of fused-ring (bicyclic) bond motifs is 7. The molecule has 0 aliphatic carbocycles. The highest BCUT2D eigenvalue weighted by Gasteiger charge is 2.31. The summed E-state index contributed by atoms with van der Waals surface area (Å²) >= 11 is 5.97. The third kappa shape index (κ3) is 2.28. The van der Waals surface area contributed by atoms with Crippen LogP contribution in [0.15, 0.2) is 54.6 Å². The van der Waals surface area contributed by atoms with Crippen LogP contribution in [0.25, 0.3) is 33.1 Å². The Balaban J connectivity index is 1.85. The average molecular weight is 348 g/mol. The van der Waals surface area contributed by atoms with Crippen LogP contribution in [0.3, 0.4) is 0 Å². The van der Waals surface area contributed by atoms with Crippen molar-refractivity contribution in [3.8, 4) is 11.4 Å². The van der Waals surface area contributed by atoms with Crippen molar-refractivity contribution in [1.82, 2.24) is 4.98 Å². The molecule has 2 aromatic heterocycles. The highest BCUT2D eigenvalue weighted by Crippen LogP contribution is 2.35. The van der Waals surface area contributed by atoms with E-state index >= 15 is 0 Å². The number of nitrogens with one attached hydrogen (secondary N) is 1. The van der Waals surface area contributed by atoms with E-state index in [0.29, 0.717) is 5.88 Å². The smallest absolute Gasteiger partial charge is 0.237 e. The van der Waals surface area contributed by atoms with Crippen molar-refractivity contribution in [2.75, 3.05) is 5.88 Å². The summed E-state index contributed by atoms with van der Waals surface area (Å²) in [5.74, 6) is 0.708. The highest BCUT2D eigenvalue weighted by atomic mass is 35.5. The second-order valence-electron chi connectivity index (χ2n) is 6.79. The van der Waals surface area contributed by atoms with E-state index in [-0.39, 0.29) is 0 Å². The van der Waals surface area contributed by atoms with Crippen molar-refractivity contribution < 1.29 is 4.57 Å². The summed E-state index contributed by atoms with van der Waals surface area (Å²) in [6.45, 7) is 1.03. The van der Waals surface area contributed by atoms with Crippen LogP contribution in [-0.4, -0.2) is 10.9 Å². The molecule has 0 amide bonds. The Labute approximate surface area is 152 Å². The second-order valence-corrected chi connectivity index (χ2v) is 7.17. The van der Waals surface area contributed by atoms with Crippen LogP contribution in [0.1, 0.15) is 17.7 Å². The number of aryl methyl sites for hydroxylation is 2. The number of halogens is 1. The molecular formula is C22H20ClN2+. The Morgan fingerprint density at radius 1 is 1.00 bits per heavy atom. The van der Waals surface area contributed by atoms with E-state index in [1.54, 1.807) is 0 Å². The summed E-state index contributed by atoms with van der Waals surface area (Å²) in [6, 6.07) is 19.7. The molecule has 2 aromatic carbocycles. The maximum atomic E-state index is 5.97. The van der Waals surface area contributed by atoms with Crippen LogP contribution in [0, 0.1) is 0 Å². The van der Waals surface area contributed by atoms with Gasteiger partial charge in [0.2, 0.25) is 5.69 Å². The number of pyridine rings is 1. The molecule has 0 unspecified atom stereocenters. The number of aromatic nitrogens is 2. The third-order valence-corrected chi connectivity index (χ3v) is 5.62. The number of H-pyrrole nitrogens is 1. The molecule has 4 aromatic rings. The lowest BCUT2D eigenvalue weighted by molar-refractivity contribution is -0.693. The lowest BCUT2D eigenvalue weighted by Crippen LogP contribution is -2.44. The molecule has 1 aliphatic rings. The summed E-state index contributed by atoms with van der Waals surface area (Å²) in [5, 5.41) is 3.99. The van der Waals surface area contributed by atoms with E-state index in [1.165, 1.54) is 44.3 Å². The zero-order chi connectivity index (χ0) is 16.8. The van der Waals surface area contributed by atoms with Gasteiger partial charge in [-0.2, -0.15) is 4.57 Å². The minimum Gasteiger partial charge on any atom is -0.349 e. The van der Waals surface area contributed by atoms with Gasteiger partial charge in [-0.25, -0.2) is 0 Å². The van der Waals surface area contributed by atoms with Gasteiger partial charge in [-0.3, -0.25) is 0 Å². The lowest BCUT2D eigenvalue weighted by Gasteiger charge is -2.16. The van der Waals surface area contributed by atoms with E-state index in [9.17, 15) is 0 Å². The first-order chi connectivity index (χ1) is 12.4. The molecule has 1 aliphatic heterocycles. The van der Waals surface area contributed by atoms with Crippen molar-refractivity contribution in [3.05, 3.63) is 65.9 Å². The van der Waals surface area contributed by atoms with Crippen LogP contribution in [-0.2, 0) is 19.4 Å². The molecule has 0 radical (unpaired) electrons. The largest absolute Gasteiger partial charge is 0.349 e. The molecule has 2 nitrogen and oxygen atoms in total. The maximum Gasteiger partial charge on any atom is 0.237 e. The third-order valence-electron chi connectivity index (χ3n) is 5.36. The molecule has 124 valence electrons. The first kappa shape index (κ1) is 15.0. The number of aromatic amines is 1. The summed E-state index contributed by atoms with van der Waals surface area (Å²) in [5.41, 5.74) is 6.70. The van der Waals surface area contributed by atoms with Crippen LogP contribution < -0.4 is 4.57 Å². The van der Waals surface area contributed by atoms with Crippen molar-refractivity contribution in [3.63, 3.8) is 0 Å². The zero-order valence-electron chi connectivity index (χ0n) is 14.1. The van der Waals surface area contributed by atoms with Crippen LogP contribution in [0.2, 0.25) is 0 Å². The molecule has 0 saturated heterocycles. The summed E-state index contributed by atoms with van der Waals surface area (Å²) in [6.07, 6.45) is 3.11. The summed E-state index contributed by atoms with van der Waals surface area (Å²) < 4.78 is 2.51. The van der Waals surface area contributed by atoms with Gasteiger partial charge in [-0.15, -0.1) is 11.6 Å². The van der Waals surface area contributed by atoms with Gasteiger partial charge >= 0.3 is 0 Å². The number of alkyl halides is 1. The van der Waals surface area contributed by atoms with Gasteiger partial charge in [0.05, 0.1) is 5.39 Å². The number of hydrogen-bond acceptors (Lipinski definition) is 0. The van der Waals surface area contributed by atoms with Crippen LogP contribution >= 0.6 is 11.6 Å². The average Bonchev–Trinajstić information content (AvgIpc) is 3.04. The van der Waals surface area contributed by atoms with Gasteiger partial charge in [-0.1, -0.05) is 36.4 Å². The van der Waals surface area contributed by atoms with E-state index in [4.69, 9.17) is 11.6 Å². The lowest BCUT2D eigenvalue weighted by atomic mass is 9.96. The fourth-order valence-electron chi connectivity index (χ4n) is 4.25. The number of rotatable bonds is 3. The Bertz CT molecular complexity index is 1090. The molecule has 0 atom stereocenters. The first-order valence-electron chi connectivity index (χ1n) is 8.97. The normalized spacial score (nSPS) is 13.2. The van der Waals surface area contributed by atoms with E-state index < -0.39 is 0 Å². The molecule has 25 heavy (non-hydrogen) atoms. The number of hydrogen-bond donors (Lipinski definition) is 1. The number of nitrogens with zero attached hydrogens (tertiary/aromatic N) is 1. The molecule has 0 spiro atoms. The molecule has 0 saturated carbocycles. The van der Waals surface area contributed by atoms with Gasteiger partial charge in [0.1, 0.15) is 5.69 Å². The molecule has 0 bridgehead atoms. The van der Waals surface area contributed by atoms with Crippen molar-refractivity contribution in [1.29, 1.82) is 0 Å². The quantitative estimate of drug-likeness (QED) is 0.397. The van der Waals surface area contributed by atoms with Gasteiger partial charge in [0.25, 0.3) is 0 Å². The van der Waals surface area contributed by atoms with Gasteiger partial charge in [0, 0.05) is 35.7 Å². The molecule has 3 heterocycles. The fourth-order valence-corrected chi connectivity index (χ4v) is 4.38. The second kappa shape index (κ2) is 5.89. The van der Waals surface area contributed by atoms with Gasteiger partial charge in [-0.05, 0) is 29.5 Å². The minimum atomic E-state index is 0.708. The fraction of sp³-hybridized carbons (Fsp3) is 0.227. The Morgan fingerprint density at radius 2 is 1.80 bits per heavy atom. The molecule has 0 fully saturated rings. The van der Waals surface area contributed by atoms with E-state index in [0.717, 1.165) is 25.8 Å². The van der Waals surface area contributed by atoms with Gasteiger partial charge < -0.3 is 4.98 Å². The van der Waals surface area contributed by atoms with Crippen molar-refractivity contribution >= 4 is 33.3 Å². The van der Waals surface area contributed by atoms with Gasteiger partial charge in [0.15, 0.2) is 12.2 Å². The predicted octanol–water partition coefficient (Wildman–Crippen LogP) is 5.00. The monoisotopic (exact) mass is 347 g/mol. The standard InChI is InChI=1S/C22H19ClN2/c23-12-5-7-16-14-15-6-1-2-8-17(15)22-21-19(11-13-25(16)22)18-9-3-4-10-20(18)24-21/h1-4,6,8-10,14H,5,7,11-13H2/p+1. The first-order valence-corrected chi connectivity index (χ1v) is 9.50. The maximum absolute atomic E-state index is 5.97. The summed E-state index contributed by atoms with van der Waals surface area (Å²) in [4.78, 5) is 3.70. The van der Waals surface area contributed by atoms with Crippen molar-refractivity contribution in [2.45, 2.75) is 25.8 Å². The van der Waals surface area contributed by atoms with E-state index in [1.807, 2.05) is 0 Å². The minimum absolute atomic E-state index is 0.708. The van der Waals surface area contributed by atoms with Crippen LogP contribution in [0.4, 0.5) is 0 Å². The molecule has 3 heteroatoms. The Hall–Kier alpha value is -2.32. The number of para-hydroxylation sites is 1. The Morgan fingerprint density at radius 3 is 2.68 bits per heavy atom. The molecule has 5 rings (SSSR count). The summed E-state index contributed by atoms with van der Waals surface area (Å²) in [7, 11) is 0. The predicted molar refractivity (Wildman–Crippen MR) is 104 cm³/mol. The number of benzene rings is 2. The SMILES string of the molecule is ClCCCc1cc2ccccc2c2[n+]1CCc1c-2[nH]c2ccccc12. The van der Waals surface area contributed by atoms with Crippen molar-refractivity contribution in [2.24, 2.45) is 0 Å². The highest BCUT2D eigenvalue weighted by molar-refractivity contribution is 6.17. The van der Waals surface area contributed by atoms with Crippen LogP contribution in [0.5, 0.6) is 0 Å². The van der Waals surface area contributed by atoms with E-state index in [2.05, 4.69) is 64.1 Å². The topological polar surface area (TPSA) is 19.7 Å².